The van der Waals surface area contributed by atoms with Gasteiger partial charge in [-0.2, -0.15) is 0 Å². The maximum Gasteiger partial charge on any atom is 0.225 e. The minimum Gasteiger partial charge on any atom is -0.394 e. The summed E-state index contributed by atoms with van der Waals surface area (Å²) in [6.07, 6.45) is 3.41. The van der Waals surface area contributed by atoms with Crippen molar-refractivity contribution in [2.45, 2.75) is 38.7 Å². The number of aliphatic hydroxyl groups excluding tert-OH is 1. The summed E-state index contributed by atoms with van der Waals surface area (Å²) in [6.45, 7) is 4.88. The van der Waals surface area contributed by atoms with Crippen molar-refractivity contribution < 1.29 is 19.4 Å². The molecule has 2 heterocycles. The fraction of sp³-hybridized carbons (Fsp3) is 0.867. The quantitative estimate of drug-likeness (QED) is 0.807. The molecular formula is C15H26N2O4. The summed E-state index contributed by atoms with van der Waals surface area (Å²) in [5.41, 5.74) is 0. The number of likely N-dealkylation sites (tertiary alicyclic amines) is 2. The Morgan fingerprint density at radius 3 is 2.14 bits per heavy atom. The van der Waals surface area contributed by atoms with E-state index in [1.807, 2.05) is 9.80 Å². The first-order valence-corrected chi connectivity index (χ1v) is 7.88. The van der Waals surface area contributed by atoms with Gasteiger partial charge in [0.05, 0.1) is 19.3 Å². The van der Waals surface area contributed by atoms with Crippen LogP contribution in [0.3, 0.4) is 0 Å². The van der Waals surface area contributed by atoms with Gasteiger partial charge in [0.15, 0.2) is 0 Å². The molecule has 0 radical (unpaired) electrons. The highest BCUT2D eigenvalue weighted by atomic mass is 16.5. The monoisotopic (exact) mass is 298 g/mol. The Bertz CT molecular complexity index is 359. The third-order valence-electron chi connectivity index (χ3n) is 4.49. The lowest BCUT2D eigenvalue weighted by molar-refractivity contribution is -0.142. The molecule has 0 aliphatic carbocycles. The summed E-state index contributed by atoms with van der Waals surface area (Å²) in [7, 11) is 0. The molecule has 2 aliphatic rings. The molecule has 0 aromatic carbocycles. The molecule has 6 nitrogen and oxygen atoms in total. The molecular weight excluding hydrogens is 272 g/mol. The van der Waals surface area contributed by atoms with Gasteiger partial charge in [-0.1, -0.05) is 0 Å². The van der Waals surface area contributed by atoms with Crippen molar-refractivity contribution in [3.63, 3.8) is 0 Å². The second kappa shape index (κ2) is 7.75. The first-order chi connectivity index (χ1) is 10.1. The molecule has 0 saturated carbocycles. The van der Waals surface area contributed by atoms with E-state index in [2.05, 4.69) is 0 Å². The van der Waals surface area contributed by atoms with Crippen molar-refractivity contribution in [2.24, 2.45) is 5.92 Å². The number of aliphatic hydroxyl groups is 1. The molecule has 6 heteroatoms. The Labute approximate surface area is 126 Å². The number of nitrogens with zero attached hydrogens (tertiary/aromatic N) is 2. The van der Waals surface area contributed by atoms with Gasteiger partial charge in [0.2, 0.25) is 11.8 Å². The molecule has 2 saturated heterocycles. The zero-order valence-corrected chi connectivity index (χ0v) is 12.8. The molecule has 2 rings (SSSR count). The van der Waals surface area contributed by atoms with E-state index < -0.39 is 0 Å². The Kier molecular flexibility index (Phi) is 5.99. The van der Waals surface area contributed by atoms with Gasteiger partial charge in [0.1, 0.15) is 0 Å². The average Bonchev–Trinajstić information content (AvgIpc) is 2.53. The maximum atomic E-state index is 12.5. The molecule has 0 spiro atoms. The van der Waals surface area contributed by atoms with Crippen LogP contribution in [0.5, 0.6) is 0 Å². The Morgan fingerprint density at radius 2 is 1.62 bits per heavy atom. The smallest absolute Gasteiger partial charge is 0.225 e. The second-order valence-electron chi connectivity index (χ2n) is 5.90. The van der Waals surface area contributed by atoms with Crippen LogP contribution in [0.4, 0.5) is 0 Å². The molecule has 2 aliphatic heterocycles. The standard InChI is InChI=1S/C15H26N2O4/c1-12(19)16-6-2-13(3-7-16)15(20)17-8-4-14(5-9-17)21-11-10-18/h13-14,18H,2-11H2,1H3. The summed E-state index contributed by atoms with van der Waals surface area (Å²) < 4.78 is 5.51. The van der Waals surface area contributed by atoms with Crippen LogP contribution in [0.1, 0.15) is 32.6 Å². The number of rotatable bonds is 4. The summed E-state index contributed by atoms with van der Waals surface area (Å²) in [5.74, 6) is 0.400. The molecule has 0 atom stereocenters. The number of ether oxygens (including phenoxy) is 1. The van der Waals surface area contributed by atoms with Gasteiger partial charge in [0.25, 0.3) is 0 Å². The zero-order valence-electron chi connectivity index (χ0n) is 12.8. The van der Waals surface area contributed by atoms with Crippen molar-refractivity contribution in [1.29, 1.82) is 0 Å². The lowest BCUT2D eigenvalue weighted by Crippen LogP contribution is -2.47. The van der Waals surface area contributed by atoms with E-state index in [9.17, 15) is 9.59 Å². The van der Waals surface area contributed by atoms with E-state index in [1.54, 1.807) is 6.92 Å². The van der Waals surface area contributed by atoms with Crippen molar-refractivity contribution in [3.05, 3.63) is 0 Å². The summed E-state index contributed by atoms with van der Waals surface area (Å²) in [4.78, 5) is 27.5. The molecule has 0 aromatic rings. The largest absolute Gasteiger partial charge is 0.394 e. The molecule has 120 valence electrons. The first kappa shape index (κ1) is 16.2. The molecule has 2 fully saturated rings. The van der Waals surface area contributed by atoms with E-state index in [0.717, 1.165) is 38.8 Å². The van der Waals surface area contributed by atoms with Crippen LogP contribution < -0.4 is 0 Å². The fourth-order valence-corrected chi connectivity index (χ4v) is 3.16. The maximum absolute atomic E-state index is 12.5. The SMILES string of the molecule is CC(=O)N1CCC(C(=O)N2CCC(OCCO)CC2)CC1. The van der Waals surface area contributed by atoms with Gasteiger partial charge in [-0.25, -0.2) is 0 Å². The second-order valence-corrected chi connectivity index (χ2v) is 5.90. The van der Waals surface area contributed by atoms with Crippen molar-refractivity contribution in [1.82, 2.24) is 9.80 Å². The van der Waals surface area contributed by atoms with Gasteiger partial charge in [-0.05, 0) is 25.7 Å². The third kappa shape index (κ3) is 4.41. The van der Waals surface area contributed by atoms with Crippen molar-refractivity contribution in [2.75, 3.05) is 39.4 Å². The lowest BCUT2D eigenvalue weighted by Gasteiger charge is -2.37. The molecule has 21 heavy (non-hydrogen) atoms. The number of piperidine rings is 2. The van der Waals surface area contributed by atoms with Crippen LogP contribution in [-0.4, -0.2) is 72.2 Å². The van der Waals surface area contributed by atoms with Crippen LogP contribution in [0.15, 0.2) is 0 Å². The Morgan fingerprint density at radius 1 is 1.05 bits per heavy atom. The van der Waals surface area contributed by atoms with E-state index in [-0.39, 0.29) is 30.4 Å². The molecule has 0 aromatic heterocycles. The summed E-state index contributed by atoms with van der Waals surface area (Å²) in [5, 5.41) is 8.75. The van der Waals surface area contributed by atoms with E-state index in [0.29, 0.717) is 19.7 Å². The highest BCUT2D eigenvalue weighted by Gasteiger charge is 2.31. The van der Waals surface area contributed by atoms with E-state index in [4.69, 9.17) is 9.84 Å². The average molecular weight is 298 g/mol. The van der Waals surface area contributed by atoms with Crippen LogP contribution in [0.25, 0.3) is 0 Å². The number of amides is 2. The minimum absolute atomic E-state index is 0.0495. The van der Waals surface area contributed by atoms with Gasteiger partial charge in [-0.15, -0.1) is 0 Å². The number of carbonyl (C=O) groups is 2. The van der Waals surface area contributed by atoms with Crippen molar-refractivity contribution >= 4 is 11.8 Å². The molecule has 1 N–H and O–H groups in total. The van der Waals surface area contributed by atoms with Gasteiger partial charge >= 0.3 is 0 Å². The van der Waals surface area contributed by atoms with Gasteiger partial charge in [0, 0.05) is 39.0 Å². The van der Waals surface area contributed by atoms with Gasteiger partial charge in [-0.3, -0.25) is 9.59 Å². The Balaban J connectivity index is 1.74. The predicted molar refractivity (Wildman–Crippen MR) is 77.6 cm³/mol. The predicted octanol–water partition coefficient (Wildman–Crippen LogP) is 0.245. The molecule has 0 bridgehead atoms. The van der Waals surface area contributed by atoms with E-state index >= 15 is 0 Å². The highest BCUT2D eigenvalue weighted by molar-refractivity contribution is 5.79. The Hall–Kier alpha value is -1.14. The number of carbonyl (C=O) groups excluding carboxylic acids is 2. The normalized spacial score (nSPS) is 21.6. The zero-order chi connectivity index (χ0) is 15.2. The highest BCUT2D eigenvalue weighted by Crippen LogP contribution is 2.22. The summed E-state index contributed by atoms with van der Waals surface area (Å²) in [6, 6.07) is 0. The third-order valence-corrected chi connectivity index (χ3v) is 4.49. The molecule has 2 amide bonds. The fourth-order valence-electron chi connectivity index (χ4n) is 3.16. The topological polar surface area (TPSA) is 70.1 Å². The summed E-state index contributed by atoms with van der Waals surface area (Å²) >= 11 is 0. The van der Waals surface area contributed by atoms with Crippen LogP contribution in [0, 0.1) is 5.92 Å². The van der Waals surface area contributed by atoms with Crippen LogP contribution in [-0.2, 0) is 14.3 Å². The minimum atomic E-state index is 0.0495. The number of hydrogen-bond acceptors (Lipinski definition) is 4. The van der Waals surface area contributed by atoms with Gasteiger partial charge < -0.3 is 19.6 Å². The van der Waals surface area contributed by atoms with E-state index in [1.165, 1.54) is 0 Å². The van der Waals surface area contributed by atoms with Crippen LogP contribution in [0.2, 0.25) is 0 Å². The van der Waals surface area contributed by atoms with Crippen molar-refractivity contribution in [3.8, 4) is 0 Å². The lowest BCUT2D eigenvalue weighted by atomic mass is 9.94. The number of hydrogen-bond donors (Lipinski definition) is 1. The van der Waals surface area contributed by atoms with Crippen LogP contribution >= 0.6 is 0 Å². The first-order valence-electron chi connectivity index (χ1n) is 7.88. The molecule has 0 unspecified atom stereocenters.